The molecule has 7 heteroatoms. The lowest BCUT2D eigenvalue weighted by Crippen LogP contribution is -2.67. The zero-order chi connectivity index (χ0) is 29.1. The van der Waals surface area contributed by atoms with Gasteiger partial charge in [0.15, 0.2) is 5.78 Å². The highest BCUT2D eigenvalue weighted by Gasteiger charge is 2.83. The van der Waals surface area contributed by atoms with E-state index in [4.69, 9.17) is 9.47 Å². The van der Waals surface area contributed by atoms with Crippen molar-refractivity contribution in [3.8, 4) is 0 Å². The molecule has 7 nitrogen and oxygen atoms in total. The van der Waals surface area contributed by atoms with E-state index >= 15 is 0 Å². The largest absolute Gasteiger partial charge is 0.458 e. The van der Waals surface area contributed by atoms with Gasteiger partial charge in [0.2, 0.25) is 0 Å². The van der Waals surface area contributed by atoms with Crippen molar-refractivity contribution in [2.45, 2.75) is 97.1 Å². The van der Waals surface area contributed by atoms with E-state index in [1.807, 2.05) is 25.1 Å². The third-order valence-corrected chi connectivity index (χ3v) is 13.2. The van der Waals surface area contributed by atoms with Gasteiger partial charge in [0.25, 0.3) is 0 Å². The monoisotopic (exact) mass is 561 g/mol. The second-order valence-electron chi connectivity index (χ2n) is 14.6. The maximum absolute atomic E-state index is 14.6. The number of pyridine rings is 1. The number of aliphatic hydroxyl groups is 2. The average molecular weight is 562 g/mol. The summed E-state index contributed by atoms with van der Waals surface area (Å²) >= 11 is 0. The van der Waals surface area contributed by atoms with E-state index in [9.17, 15) is 19.8 Å². The Balaban J connectivity index is 1.22. The molecule has 0 bridgehead atoms. The van der Waals surface area contributed by atoms with Crippen molar-refractivity contribution in [1.82, 2.24) is 4.98 Å². The number of fused-ring (bicyclic) bond motifs is 4. The Morgan fingerprint density at radius 1 is 1.10 bits per heavy atom. The molecule has 1 aromatic rings. The summed E-state index contributed by atoms with van der Waals surface area (Å²) in [6.07, 6.45) is 7.77. The van der Waals surface area contributed by atoms with Crippen LogP contribution in [0.3, 0.4) is 0 Å². The average Bonchev–Trinajstić information content (AvgIpc) is 3.56. The molecule has 41 heavy (non-hydrogen) atoms. The Morgan fingerprint density at radius 3 is 2.56 bits per heavy atom. The molecule has 0 aromatic carbocycles. The molecule has 3 heterocycles. The van der Waals surface area contributed by atoms with E-state index < -0.39 is 17.1 Å². The Labute approximate surface area is 242 Å². The highest BCUT2D eigenvalue weighted by Crippen LogP contribution is 2.77. The van der Waals surface area contributed by atoms with Gasteiger partial charge in [0, 0.05) is 18.2 Å². The molecule has 1 unspecified atom stereocenters. The number of carbonyl (C=O) groups is 2. The normalized spacial score (nSPS) is 47.4. The predicted molar refractivity (Wildman–Crippen MR) is 152 cm³/mol. The minimum Gasteiger partial charge on any atom is -0.458 e. The fourth-order valence-corrected chi connectivity index (χ4v) is 11.2. The maximum Gasteiger partial charge on any atom is 0.336 e. The van der Waals surface area contributed by atoms with E-state index in [0.29, 0.717) is 35.1 Å². The van der Waals surface area contributed by atoms with Gasteiger partial charge in [-0.1, -0.05) is 32.4 Å². The number of aliphatic hydroxyl groups excluding tert-OH is 2. The van der Waals surface area contributed by atoms with Gasteiger partial charge in [-0.25, -0.2) is 4.79 Å². The number of hydrogen-bond acceptors (Lipinski definition) is 7. The first-order valence-electron chi connectivity index (χ1n) is 15.5. The summed E-state index contributed by atoms with van der Waals surface area (Å²) in [4.78, 5) is 31.7. The van der Waals surface area contributed by atoms with E-state index in [-0.39, 0.29) is 53.2 Å². The van der Waals surface area contributed by atoms with Crippen LogP contribution in [0.1, 0.15) is 78.8 Å². The van der Waals surface area contributed by atoms with Gasteiger partial charge >= 0.3 is 5.97 Å². The Kier molecular flexibility index (Phi) is 5.92. The number of ketones is 1. The van der Waals surface area contributed by atoms with Crippen LogP contribution in [0.2, 0.25) is 0 Å². The number of cyclic esters (lactones) is 1. The Hall–Kier alpha value is -2.35. The van der Waals surface area contributed by atoms with Crippen molar-refractivity contribution < 1.29 is 29.3 Å². The highest BCUT2D eigenvalue weighted by molar-refractivity contribution is 6.24. The smallest absolute Gasteiger partial charge is 0.336 e. The molecule has 4 aliphatic carbocycles. The minimum atomic E-state index is -0.851. The maximum atomic E-state index is 14.6. The van der Waals surface area contributed by atoms with Gasteiger partial charge < -0.3 is 19.7 Å². The number of epoxide rings is 1. The summed E-state index contributed by atoms with van der Waals surface area (Å²) in [6, 6.07) is 5.57. The van der Waals surface area contributed by atoms with Crippen LogP contribution in [-0.2, 0) is 19.1 Å². The number of rotatable bonds is 4. The van der Waals surface area contributed by atoms with Gasteiger partial charge in [-0.15, -0.1) is 0 Å². The van der Waals surface area contributed by atoms with E-state index in [2.05, 4.69) is 32.7 Å². The van der Waals surface area contributed by atoms with Crippen molar-refractivity contribution >= 4 is 17.3 Å². The number of nitrogens with zero attached hydrogens (tertiary/aromatic N) is 1. The highest BCUT2D eigenvalue weighted by atomic mass is 16.6. The first-order chi connectivity index (χ1) is 19.4. The Bertz CT molecular complexity index is 1370. The van der Waals surface area contributed by atoms with E-state index in [1.165, 1.54) is 0 Å². The van der Waals surface area contributed by atoms with Crippen LogP contribution >= 0.6 is 0 Å². The number of aromatic nitrogens is 1. The molecule has 1 saturated heterocycles. The molecule has 11 atom stereocenters. The number of esters is 1. The summed E-state index contributed by atoms with van der Waals surface area (Å²) in [5.74, 6) is 0.748. The van der Waals surface area contributed by atoms with Crippen LogP contribution in [0.5, 0.6) is 0 Å². The fourth-order valence-electron chi connectivity index (χ4n) is 11.2. The second-order valence-corrected chi connectivity index (χ2v) is 14.6. The van der Waals surface area contributed by atoms with Crippen LogP contribution in [-0.4, -0.2) is 57.5 Å². The third-order valence-electron chi connectivity index (χ3n) is 13.2. The quantitative estimate of drug-likeness (QED) is 0.406. The van der Waals surface area contributed by atoms with Crippen molar-refractivity contribution in [2.24, 2.45) is 39.9 Å². The molecule has 2 aliphatic heterocycles. The molecular weight excluding hydrogens is 518 g/mol. The lowest BCUT2D eigenvalue weighted by Gasteiger charge is -2.63. The van der Waals surface area contributed by atoms with Crippen molar-refractivity contribution in [2.75, 3.05) is 6.61 Å². The molecule has 2 N–H and O–H groups in total. The Morgan fingerprint density at radius 2 is 1.88 bits per heavy atom. The molecule has 1 aromatic heterocycles. The molecule has 220 valence electrons. The van der Waals surface area contributed by atoms with Gasteiger partial charge in [-0.05, 0) is 98.7 Å². The summed E-state index contributed by atoms with van der Waals surface area (Å²) in [5, 5.41) is 21.2. The minimum absolute atomic E-state index is 0.0488. The van der Waals surface area contributed by atoms with Crippen LogP contribution in [0, 0.1) is 39.9 Å². The lowest BCUT2D eigenvalue weighted by atomic mass is 9.38. The summed E-state index contributed by atoms with van der Waals surface area (Å²) in [7, 11) is 0. The summed E-state index contributed by atoms with van der Waals surface area (Å²) in [6.45, 7) is 10.8. The van der Waals surface area contributed by atoms with Crippen molar-refractivity contribution in [1.29, 1.82) is 0 Å². The van der Waals surface area contributed by atoms with Crippen LogP contribution in [0.25, 0.3) is 5.57 Å². The van der Waals surface area contributed by atoms with Crippen molar-refractivity contribution in [3.63, 3.8) is 0 Å². The number of allylic oxidation sites excluding steroid dienone is 1. The standard InChI is InChI=1S/C34H43NO6/c1-18-14-24(40-30(39)21(18)17-36)19(2)22-9-10-25-31(22,3)12-11-26-32(25,4)16-28-34(41-28)27(37)15-20(29(38)33(26,34)5)23-8-6-7-13-35-23/h6-8,13,15,19,22,24-28,36-37H,9-12,14,16-17H2,1-5H3/t19-,22+,24+,25+,26-,27-,28?,31+,32-,33-,34+/m0/s1. The van der Waals surface area contributed by atoms with Gasteiger partial charge in [-0.2, -0.15) is 0 Å². The molecule has 1 spiro atoms. The van der Waals surface area contributed by atoms with Crippen LogP contribution in [0.4, 0.5) is 0 Å². The number of carbonyl (C=O) groups excluding carboxylic acids is 2. The number of Topliss-reactive ketones (excluding diaryl/α,β-unsaturated/α-hetero) is 1. The molecule has 4 fully saturated rings. The first-order valence-corrected chi connectivity index (χ1v) is 15.5. The molecule has 7 rings (SSSR count). The first kappa shape index (κ1) is 27.5. The van der Waals surface area contributed by atoms with Crippen LogP contribution < -0.4 is 0 Å². The topological polar surface area (TPSA) is 109 Å². The molecule has 3 saturated carbocycles. The summed E-state index contributed by atoms with van der Waals surface area (Å²) < 4.78 is 12.4. The summed E-state index contributed by atoms with van der Waals surface area (Å²) in [5.41, 5.74) is 0.709. The SMILES string of the molecule is CC1=C(CO)C(=O)O[C@@H]([C@@H](C)[C@H]2CC[C@@H]3[C@]2(C)CC[C@H]2[C@@]3(C)CC3O[C@]34[C@@H](O)C=C(c3ccccn3)C(=O)[C@]24C)C1. The van der Waals surface area contributed by atoms with E-state index in [0.717, 1.165) is 37.7 Å². The molecule has 0 amide bonds. The van der Waals surface area contributed by atoms with Gasteiger partial charge in [0.05, 0.1) is 29.4 Å². The zero-order valence-corrected chi connectivity index (χ0v) is 24.9. The second kappa shape index (κ2) is 8.84. The van der Waals surface area contributed by atoms with Crippen LogP contribution in [0.15, 0.2) is 41.6 Å². The predicted octanol–water partition coefficient (Wildman–Crippen LogP) is 4.67. The number of hydrogen-bond donors (Lipinski definition) is 2. The van der Waals surface area contributed by atoms with Gasteiger partial charge in [0.1, 0.15) is 17.8 Å². The van der Waals surface area contributed by atoms with Gasteiger partial charge in [-0.3, -0.25) is 9.78 Å². The zero-order valence-electron chi connectivity index (χ0n) is 24.9. The molecule has 6 aliphatic rings. The lowest BCUT2D eigenvalue weighted by molar-refractivity contribution is -0.171. The van der Waals surface area contributed by atoms with Crippen molar-refractivity contribution in [3.05, 3.63) is 47.3 Å². The number of ether oxygens (including phenoxy) is 2. The third kappa shape index (κ3) is 3.34. The fraction of sp³-hybridized carbons (Fsp3) is 0.676. The van der Waals surface area contributed by atoms with E-state index in [1.54, 1.807) is 12.3 Å². The molecular formula is C34H43NO6. The molecule has 0 radical (unpaired) electrons.